The van der Waals surface area contributed by atoms with Crippen molar-refractivity contribution in [1.29, 1.82) is 5.26 Å². The summed E-state index contributed by atoms with van der Waals surface area (Å²) in [5.74, 6) is 0.270. The number of nitriles is 1. The molecule has 0 aromatic heterocycles. The first-order chi connectivity index (χ1) is 11.0. The van der Waals surface area contributed by atoms with Crippen LogP contribution in [-0.4, -0.2) is 10.9 Å². The Morgan fingerprint density at radius 2 is 1.83 bits per heavy atom. The van der Waals surface area contributed by atoms with Gasteiger partial charge >= 0.3 is 0 Å². The van der Waals surface area contributed by atoms with E-state index < -0.39 is 0 Å². The third kappa shape index (κ3) is 4.67. The van der Waals surface area contributed by atoms with Crippen molar-refractivity contribution in [3.8, 4) is 6.07 Å². The van der Waals surface area contributed by atoms with Crippen molar-refractivity contribution >= 4 is 52.1 Å². The van der Waals surface area contributed by atoms with Crippen LogP contribution in [0.15, 0.2) is 47.5 Å². The summed E-state index contributed by atoms with van der Waals surface area (Å²) in [6.45, 7) is 0. The van der Waals surface area contributed by atoms with E-state index in [1.54, 1.807) is 42.5 Å². The smallest absolute Gasteiger partial charge is 0.198 e. The highest BCUT2D eigenvalue weighted by Crippen LogP contribution is 2.24. The molecule has 2 aromatic rings. The van der Waals surface area contributed by atoms with Crippen molar-refractivity contribution in [2.45, 2.75) is 6.42 Å². The molecule has 2 rings (SSSR count). The summed E-state index contributed by atoms with van der Waals surface area (Å²) < 4.78 is 0. The van der Waals surface area contributed by atoms with Crippen LogP contribution in [-0.2, 0) is 6.42 Å². The molecule has 7 heteroatoms. The van der Waals surface area contributed by atoms with E-state index in [4.69, 9.17) is 46.4 Å². The fourth-order valence-corrected chi connectivity index (χ4v) is 2.64. The van der Waals surface area contributed by atoms with Crippen LogP contribution in [0.1, 0.15) is 11.1 Å². The lowest BCUT2D eigenvalue weighted by molar-refractivity contribution is 1.28. The lowest BCUT2D eigenvalue weighted by atomic mass is 10.1. The number of halogens is 2. The van der Waals surface area contributed by atoms with E-state index >= 15 is 0 Å². The Bertz CT molecular complexity index is 792. The minimum Gasteiger partial charge on any atom is -0.387 e. The van der Waals surface area contributed by atoms with Gasteiger partial charge in [0.05, 0.1) is 11.3 Å². The van der Waals surface area contributed by atoms with Crippen molar-refractivity contribution in [1.82, 2.24) is 0 Å². The van der Waals surface area contributed by atoms with Gasteiger partial charge in [0.25, 0.3) is 0 Å². The zero-order valence-electron chi connectivity index (χ0n) is 11.9. The van der Waals surface area contributed by atoms with Gasteiger partial charge in [0, 0.05) is 16.5 Å². The second kappa shape index (κ2) is 7.93. The first-order valence-corrected chi connectivity index (χ1v) is 7.73. The number of hydrogen-bond acceptors (Lipinski definition) is 2. The van der Waals surface area contributed by atoms with Crippen LogP contribution in [0.2, 0.25) is 10.0 Å². The monoisotopic (exact) mass is 362 g/mol. The quantitative estimate of drug-likeness (QED) is 0.488. The molecule has 23 heavy (non-hydrogen) atoms. The number of nitrogens with zero attached hydrogens (tertiary/aromatic N) is 2. The molecule has 0 spiro atoms. The molecule has 2 aromatic carbocycles. The number of thiocarbonyl (C=S) groups is 1. The molecule has 116 valence electrons. The number of amidine groups is 1. The van der Waals surface area contributed by atoms with Gasteiger partial charge in [0.1, 0.15) is 11.9 Å². The average Bonchev–Trinajstić information content (AvgIpc) is 2.51. The molecule has 4 nitrogen and oxygen atoms in total. The molecule has 0 radical (unpaired) electrons. The molecule has 0 fully saturated rings. The highest BCUT2D eigenvalue weighted by atomic mass is 35.5. The molecule has 0 bridgehead atoms. The van der Waals surface area contributed by atoms with Gasteiger partial charge in [-0.2, -0.15) is 5.26 Å². The van der Waals surface area contributed by atoms with E-state index in [0.29, 0.717) is 26.9 Å². The highest BCUT2D eigenvalue weighted by molar-refractivity contribution is 7.80. The number of rotatable bonds is 3. The number of nitrogens with two attached hydrogens (primary N) is 1. The van der Waals surface area contributed by atoms with Gasteiger partial charge in [0.15, 0.2) is 5.11 Å². The number of anilines is 1. The maximum absolute atomic E-state index is 9.05. The Morgan fingerprint density at radius 3 is 2.48 bits per heavy atom. The van der Waals surface area contributed by atoms with E-state index in [0.717, 1.165) is 0 Å². The Morgan fingerprint density at radius 1 is 1.17 bits per heavy atom. The Hall–Kier alpha value is -2.13. The van der Waals surface area contributed by atoms with Crippen molar-refractivity contribution in [2.75, 3.05) is 5.32 Å². The van der Waals surface area contributed by atoms with Gasteiger partial charge in [-0.15, -0.1) is 0 Å². The van der Waals surface area contributed by atoms with Crippen LogP contribution in [0.4, 0.5) is 5.69 Å². The molecule has 0 heterocycles. The van der Waals surface area contributed by atoms with Gasteiger partial charge < -0.3 is 11.1 Å². The average molecular weight is 363 g/mol. The van der Waals surface area contributed by atoms with Crippen molar-refractivity contribution in [3.63, 3.8) is 0 Å². The predicted molar refractivity (Wildman–Crippen MR) is 99.2 cm³/mol. The number of para-hydroxylation sites is 1. The van der Waals surface area contributed by atoms with E-state index in [2.05, 4.69) is 16.4 Å². The minimum atomic E-state index is 0.161. The van der Waals surface area contributed by atoms with Gasteiger partial charge in [0.2, 0.25) is 0 Å². The molecule has 0 aliphatic carbocycles. The normalized spacial score (nSPS) is 10.9. The van der Waals surface area contributed by atoms with Crippen molar-refractivity contribution in [3.05, 3.63) is 63.6 Å². The molecule has 0 amide bonds. The Balaban J connectivity index is 2.12. The zero-order valence-corrected chi connectivity index (χ0v) is 14.2. The topological polar surface area (TPSA) is 74.2 Å². The summed E-state index contributed by atoms with van der Waals surface area (Å²) in [5, 5.41) is 13.1. The number of aliphatic imine (C=N–C) groups is 1. The van der Waals surface area contributed by atoms with E-state index in [1.165, 1.54) is 0 Å². The Labute approximate surface area is 149 Å². The molecule has 0 atom stereocenters. The van der Waals surface area contributed by atoms with Gasteiger partial charge in [-0.25, -0.2) is 4.99 Å². The minimum absolute atomic E-state index is 0.161. The SMILES string of the molecule is N#Cc1ccccc1NC(=S)N=C(N)Cc1c(Cl)cccc1Cl. The van der Waals surface area contributed by atoms with Gasteiger partial charge in [-0.3, -0.25) is 0 Å². The first kappa shape index (κ1) is 17.2. The molecule has 0 saturated carbocycles. The maximum Gasteiger partial charge on any atom is 0.198 e. The van der Waals surface area contributed by atoms with E-state index in [9.17, 15) is 0 Å². The lowest BCUT2D eigenvalue weighted by Gasteiger charge is -2.08. The molecular weight excluding hydrogens is 351 g/mol. The standard InChI is InChI=1S/C16H12Cl2N4S/c17-12-5-3-6-13(18)11(12)8-15(20)22-16(23)21-14-7-2-1-4-10(14)9-19/h1-7H,8H2,(H3,20,21,22,23). The van der Waals surface area contributed by atoms with Gasteiger partial charge in [-0.05, 0) is 42.0 Å². The second-order valence-electron chi connectivity index (χ2n) is 4.57. The summed E-state index contributed by atoms with van der Waals surface area (Å²) >= 11 is 17.3. The summed E-state index contributed by atoms with van der Waals surface area (Å²) in [6, 6.07) is 14.3. The summed E-state index contributed by atoms with van der Waals surface area (Å²) in [7, 11) is 0. The zero-order chi connectivity index (χ0) is 16.8. The number of hydrogen-bond donors (Lipinski definition) is 2. The van der Waals surface area contributed by atoms with Gasteiger partial charge in [-0.1, -0.05) is 41.4 Å². The van der Waals surface area contributed by atoms with Crippen LogP contribution in [0.5, 0.6) is 0 Å². The van der Waals surface area contributed by atoms with Crippen LogP contribution >= 0.6 is 35.4 Å². The van der Waals surface area contributed by atoms with Crippen LogP contribution < -0.4 is 11.1 Å². The molecule has 0 aliphatic heterocycles. The third-order valence-corrected chi connectivity index (χ3v) is 3.86. The van der Waals surface area contributed by atoms with Crippen molar-refractivity contribution < 1.29 is 0 Å². The molecule has 3 N–H and O–H groups in total. The maximum atomic E-state index is 9.05. The molecule has 0 aliphatic rings. The van der Waals surface area contributed by atoms with Crippen LogP contribution in [0.25, 0.3) is 0 Å². The Kier molecular flexibility index (Phi) is 5.94. The number of nitrogens with one attached hydrogen (secondary N) is 1. The fourth-order valence-electron chi connectivity index (χ4n) is 1.89. The largest absolute Gasteiger partial charge is 0.387 e. The number of benzene rings is 2. The molecule has 0 unspecified atom stereocenters. The van der Waals surface area contributed by atoms with E-state index in [1.807, 2.05) is 0 Å². The summed E-state index contributed by atoms with van der Waals surface area (Å²) in [4.78, 5) is 4.11. The van der Waals surface area contributed by atoms with Crippen LogP contribution in [0.3, 0.4) is 0 Å². The summed E-state index contributed by atoms with van der Waals surface area (Å²) in [6.07, 6.45) is 0.278. The molecular formula is C16H12Cl2N4S. The van der Waals surface area contributed by atoms with E-state index in [-0.39, 0.29) is 17.4 Å². The van der Waals surface area contributed by atoms with Crippen LogP contribution in [0, 0.1) is 11.3 Å². The van der Waals surface area contributed by atoms with Crippen molar-refractivity contribution in [2.24, 2.45) is 10.7 Å². The third-order valence-electron chi connectivity index (χ3n) is 2.95. The summed E-state index contributed by atoms with van der Waals surface area (Å²) in [5.41, 5.74) is 7.65. The first-order valence-electron chi connectivity index (χ1n) is 6.57. The lowest BCUT2D eigenvalue weighted by Crippen LogP contribution is -2.20. The molecule has 0 saturated heterocycles. The second-order valence-corrected chi connectivity index (χ2v) is 5.77. The highest BCUT2D eigenvalue weighted by Gasteiger charge is 2.08. The predicted octanol–water partition coefficient (Wildman–Crippen LogP) is 4.16. The fraction of sp³-hybridized carbons (Fsp3) is 0.0625.